The molecule has 1 unspecified atom stereocenters. The molecule has 0 N–H and O–H groups in total. The van der Waals surface area contributed by atoms with Gasteiger partial charge in [0.2, 0.25) is 0 Å². The smallest absolute Gasteiger partial charge is 0.309 e. The van der Waals surface area contributed by atoms with E-state index in [9.17, 15) is 4.79 Å². The van der Waals surface area contributed by atoms with Crippen LogP contribution in [0.3, 0.4) is 0 Å². The van der Waals surface area contributed by atoms with Crippen molar-refractivity contribution in [3.05, 3.63) is 0 Å². The van der Waals surface area contributed by atoms with Crippen LogP contribution in [-0.4, -0.2) is 48.6 Å². The summed E-state index contributed by atoms with van der Waals surface area (Å²) in [5, 5.41) is 0.730. The number of carbonyl (C=O) groups excluding carboxylic acids is 1. The number of rotatable bonds is 5. The molecule has 2 rings (SSSR count). The molecule has 0 amide bonds. The lowest BCUT2D eigenvalue weighted by Gasteiger charge is -2.32. The second kappa shape index (κ2) is 5.83. The van der Waals surface area contributed by atoms with E-state index in [1.807, 2.05) is 11.8 Å². The Labute approximate surface area is 115 Å². The van der Waals surface area contributed by atoms with Crippen LogP contribution in [0.4, 0.5) is 0 Å². The third-order valence-corrected chi connectivity index (χ3v) is 5.47. The van der Waals surface area contributed by atoms with Crippen LogP contribution < -0.4 is 0 Å². The molecule has 18 heavy (non-hydrogen) atoms. The van der Waals surface area contributed by atoms with Gasteiger partial charge in [-0.05, 0) is 43.0 Å². The van der Waals surface area contributed by atoms with Crippen LogP contribution in [-0.2, 0) is 9.53 Å². The highest BCUT2D eigenvalue weighted by atomic mass is 32.2. The molecule has 4 heteroatoms. The van der Waals surface area contributed by atoms with E-state index >= 15 is 0 Å². The molecular formula is C14H25NO2S. The van der Waals surface area contributed by atoms with Gasteiger partial charge in [0.15, 0.2) is 0 Å². The Bertz CT molecular complexity index is 298. The molecule has 1 aliphatic heterocycles. The lowest BCUT2D eigenvalue weighted by molar-refractivity contribution is -0.143. The van der Waals surface area contributed by atoms with E-state index in [1.165, 1.54) is 32.2 Å². The fourth-order valence-corrected chi connectivity index (χ4v) is 3.85. The maximum atomic E-state index is 11.5. The molecule has 1 saturated carbocycles. The van der Waals surface area contributed by atoms with Gasteiger partial charge in [-0.2, -0.15) is 11.8 Å². The molecule has 104 valence electrons. The molecule has 2 aliphatic rings. The molecule has 0 bridgehead atoms. The monoisotopic (exact) mass is 271 g/mol. The van der Waals surface area contributed by atoms with Crippen molar-refractivity contribution in [2.45, 2.75) is 38.4 Å². The van der Waals surface area contributed by atoms with E-state index in [0.717, 1.165) is 24.8 Å². The van der Waals surface area contributed by atoms with Crippen molar-refractivity contribution in [3.8, 4) is 0 Å². The normalized spacial score (nSPS) is 26.6. The van der Waals surface area contributed by atoms with Gasteiger partial charge in [0.05, 0.1) is 13.0 Å². The number of likely N-dealkylation sites (tertiary alicyclic amines) is 1. The zero-order chi connectivity index (χ0) is 13.2. The van der Waals surface area contributed by atoms with Crippen LogP contribution in [0.25, 0.3) is 0 Å². The number of methoxy groups -OCH3 is 1. The second-order valence-electron chi connectivity index (χ2n) is 5.90. The van der Waals surface area contributed by atoms with Gasteiger partial charge < -0.3 is 9.64 Å². The van der Waals surface area contributed by atoms with Gasteiger partial charge in [0.1, 0.15) is 0 Å². The Morgan fingerprint density at radius 1 is 1.44 bits per heavy atom. The maximum Gasteiger partial charge on any atom is 0.309 e. The van der Waals surface area contributed by atoms with E-state index < -0.39 is 0 Å². The fraction of sp³-hybridized carbons (Fsp3) is 0.929. The van der Waals surface area contributed by atoms with Crippen molar-refractivity contribution in [2.24, 2.45) is 11.3 Å². The molecule has 1 heterocycles. The standard InChI is InChI=1S/C14H25NO2S/c1-11(2)18-9-8-15-6-4-14(5-7-15)10-12(14)13(16)17-3/h11-12H,4-10H2,1-3H3. The number of ether oxygens (including phenoxy) is 1. The topological polar surface area (TPSA) is 29.5 Å². The van der Waals surface area contributed by atoms with E-state index in [0.29, 0.717) is 5.41 Å². The molecule has 1 atom stereocenters. The largest absolute Gasteiger partial charge is 0.469 e. The van der Waals surface area contributed by atoms with Gasteiger partial charge in [-0.3, -0.25) is 4.79 Å². The van der Waals surface area contributed by atoms with Gasteiger partial charge in [-0.1, -0.05) is 13.8 Å². The highest BCUT2D eigenvalue weighted by Gasteiger charge is 2.59. The Morgan fingerprint density at radius 2 is 2.11 bits per heavy atom. The fourth-order valence-electron chi connectivity index (χ4n) is 3.02. The summed E-state index contributed by atoms with van der Waals surface area (Å²) in [4.78, 5) is 14.1. The van der Waals surface area contributed by atoms with Crippen molar-refractivity contribution in [1.29, 1.82) is 0 Å². The highest BCUT2D eigenvalue weighted by Crippen LogP contribution is 2.59. The Hall–Kier alpha value is -0.220. The average Bonchev–Trinajstić information content (AvgIpc) is 3.05. The lowest BCUT2D eigenvalue weighted by atomic mass is 9.91. The number of piperidine rings is 1. The molecule has 2 fully saturated rings. The van der Waals surface area contributed by atoms with E-state index in [1.54, 1.807) is 0 Å². The quantitative estimate of drug-likeness (QED) is 0.718. The predicted molar refractivity (Wildman–Crippen MR) is 75.8 cm³/mol. The maximum absolute atomic E-state index is 11.5. The number of hydrogen-bond donors (Lipinski definition) is 0. The Balaban J connectivity index is 1.68. The number of hydrogen-bond acceptors (Lipinski definition) is 4. The molecular weight excluding hydrogens is 246 g/mol. The van der Waals surface area contributed by atoms with Crippen molar-refractivity contribution >= 4 is 17.7 Å². The van der Waals surface area contributed by atoms with Crippen LogP contribution in [0, 0.1) is 11.3 Å². The van der Waals surface area contributed by atoms with Crippen molar-refractivity contribution in [2.75, 3.05) is 32.5 Å². The van der Waals surface area contributed by atoms with Gasteiger partial charge in [0, 0.05) is 12.3 Å². The van der Waals surface area contributed by atoms with Crippen molar-refractivity contribution < 1.29 is 9.53 Å². The molecule has 0 aromatic heterocycles. The van der Waals surface area contributed by atoms with Crippen molar-refractivity contribution in [1.82, 2.24) is 4.90 Å². The minimum absolute atomic E-state index is 0.0128. The predicted octanol–water partition coefficient (Wildman–Crippen LogP) is 2.40. The summed E-state index contributed by atoms with van der Waals surface area (Å²) in [5.41, 5.74) is 0.314. The minimum atomic E-state index is 0.0128. The Morgan fingerprint density at radius 3 is 2.67 bits per heavy atom. The summed E-state index contributed by atoms with van der Waals surface area (Å²) >= 11 is 2.03. The van der Waals surface area contributed by atoms with Gasteiger partial charge in [-0.15, -0.1) is 0 Å². The first kappa shape index (κ1) is 14.2. The third-order valence-electron chi connectivity index (χ3n) is 4.39. The van der Waals surface area contributed by atoms with Gasteiger partial charge in [-0.25, -0.2) is 0 Å². The molecule has 1 spiro atoms. The number of nitrogens with zero attached hydrogens (tertiary/aromatic N) is 1. The summed E-state index contributed by atoms with van der Waals surface area (Å²) in [5.74, 6) is 1.44. The Kier molecular flexibility index (Phi) is 4.59. The second-order valence-corrected chi connectivity index (χ2v) is 7.59. The average molecular weight is 271 g/mol. The van der Waals surface area contributed by atoms with Crippen LogP contribution in [0.2, 0.25) is 0 Å². The zero-order valence-electron chi connectivity index (χ0n) is 11.8. The molecule has 3 nitrogen and oxygen atoms in total. The van der Waals surface area contributed by atoms with Gasteiger partial charge in [0.25, 0.3) is 0 Å². The van der Waals surface area contributed by atoms with E-state index in [4.69, 9.17) is 4.74 Å². The first-order valence-electron chi connectivity index (χ1n) is 6.99. The first-order chi connectivity index (χ1) is 8.57. The molecule has 0 aromatic carbocycles. The summed E-state index contributed by atoms with van der Waals surface area (Å²) < 4.78 is 4.86. The lowest BCUT2D eigenvalue weighted by Crippen LogP contribution is -2.37. The first-order valence-corrected chi connectivity index (χ1v) is 8.04. The number of esters is 1. The summed E-state index contributed by atoms with van der Waals surface area (Å²) in [6, 6.07) is 0. The summed E-state index contributed by atoms with van der Waals surface area (Å²) in [6.07, 6.45) is 3.42. The van der Waals surface area contributed by atoms with Crippen LogP contribution in [0.15, 0.2) is 0 Å². The van der Waals surface area contributed by atoms with Crippen LogP contribution >= 0.6 is 11.8 Å². The van der Waals surface area contributed by atoms with Crippen LogP contribution in [0.5, 0.6) is 0 Å². The number of carbonyl (C=O) groups is 1. The molecule has 0 aromatic rings. The summed E-state index contributed by atoms with van der Waals surface area (Å²) in [6.45, 7) is 8.02. The SMILES string of the molecule is COC(=O)C1CC12CCN(CCSC(C)C)CC2. The van der Waals surface area contributed by atoms with Crippen LogP contribution in [0.1, 0.15) is 33.1 Å². The minimum Gasteiger partial charge on any atom is -0.469 e. The van der Waals surface area contributed by atoms with E-state index in [-0.39, 0.29) is 11.9 Å². The van der Waals surface area contributed by atoms with Crippen molar-refractivity contribution in [3.63, 3.8) is 0 Å². The third kappa shape index (κ3) is 3.21. The van der Waals surface area contributed by atoms with E-state index in [2.05, 4.69) is 18.7 Å². The summed E-state index contributed by atoms with van der Waals surface area (Å²) in [7, 11) is 1.51. The molecule has 1 saturated heterocycles. The molecule has 1 aliphatic carbocycles. The number of thioether (sulfide) groups is 1. The zero-order valence-corrected chi connectivity index (χ0v) is 12.6. The highest BCUT2D eigenvalue weighted by molar-refractivity contribution is 7.99. The molecule has 0 radical (unpaired) electrons. The van der Waals surface area contributed by atoms with Gasteiger partial charge >= 0.3 is 5.97 Å².